The maximum absolute atomic E-state index is 13.7. The van der Waals surface area contributed by atoms with E-state index in [2.05, 4.69) is 15.3 Å². The topological polar surface area (TPSA) is 56.3 Å². The highest BCUT2D eigenvalue weighted by atomic mass is 35.5. The molecule has 0 aliphatic carbocycles. The van der Waals surface area contributed by atoms with Crippen LogP contribution in [0.3, 0.4) is 0 Å². The molecule has 0 spiro atoms. The van der Waals surface area contributed by atoms with Crippen molar-refractivity contribution in [2.45, 2.75) is 0 Å². The van der Waals surface area contributed by atoms with Gasteiger partial charge in [-0.2, -0.15) is 0 Å². The van der Waals surface area contributed by atoms with Gasteiger partial charge in [0.2, 0.25) is 0 Å². The Hall–Kier alpha value is -2.08. The third-order valence-electron chi connectivity index (χ3n) is 2.39. The molecule has 1 N–H and O–H groups in total. The summed E-state index contributed by atoms with van der Waals surface area (Å²) in [6, 6.07) is 4.31. The van der Waals surface area contributed by atoms with Crippen molar-refractivity contribution in [1.82, 2.24) is 9.97 Å². The van der Waals surface area contributed by atoms with Crippen LogP contribution in [-0.4, -0.2) is 24.2 Å². The molecule has 1 aromatic carbocycles. The molecule has 100 valence electrons. The molecule has 0 fully saturated rings. The molecule has 1 heterocycles. The minimum atomic E-state index is -0.447. The van der Waals surface area contributed by atoms with Gasteiger partial charge in [0.1, 0.15) is 17.9 Å². The largest absolute Gasteiger partial charge is 0.497 e. The number of nitrogens with one attached hydrogen (secondary N) is 1. The Morgan fingerprint density at radius 2 is 2.00 bits per heavy atom. The number of benzene rings is 1. The van der Waals surface area contributed by atoms with Gasteiger partial charge in [-0.25, -0.2) is 14.4 Å². The van der Waals surface area contributed by atoms with E-state index in [-0.39, 0.29) is 22.4 Å². The van der Waals surface area contributed by atoms with Gasteiger partial charge in [0, 0.05) is 6.07 Å². The first-order valence-corrected chi connectivity index (χ1v) is 5.68. The third kappa shape index (κ3) is 2.85. The van der Waals surface area contributed by atoms with E-state index in [0.29, 0.717) is 5.75 Å². The van der Waals surface area contributed by atoms with Crippen LogP contribution >= 0.6 is 11.6 Å². The normalized spacial score (nSPS) is 10.1. The Balaban J connectivity index is 2.38. The van der Waals surface area contributed by atoms with Crippen LogP contribution < -0.4 is 14.8 Å². The van der Waals surface area contributed by atoms with Gasteiger partial charge in [0.25, 0.3) is 0 Å². The SMILES string of the molecule is COc1ccc(F)c(Nc2ncnc(Cl)c2OC)c1. The number of rotatable bonds is 4. The molecule has 5 nitrogen and oxygen atoms in total. The van der Waals surface area contributed by atoms with E-state index < -0.39 is 5.82 Å². The van der Waals surface area contributed by atoms with E-state index in [4.69, 9.17) is 21.1 Å². The molecular formula is C12H11ClFN3O2. The lowest BCUT2D eigenvalue weighted by Gasteiger charge is -2.11. The van der Waals surface area contributed by atoms with Crippen LogP contribution in [-0.2, 0) is 0 Å². The van der Waals surface area contributed by atoms with Gasteiger partial charge < -0.3 is 14.8 Å². The van der Waals surface area contributed by atoms with Gasteiger partial charge in [-0.1, -0.05) is 11.6 Å². The molecule has 2 rings (SSSR count). The van der Waals surface area contributed by atoms with E-state index in [9.17, 15) is 4.39 Å². The van der Waals surface area contributed by atoms with E-state index in [0.717, 1.165) is 0 Å². The number of anilines is 2. The first-order valence-electron chi connectivity index (χ1n) is 5.30. The predicted octanol–water partition coefficient (Wildman–Crippen LogP) is 3.03. The van der Waals surface area contributed by atoms with Crippen LogP contribution in [0.4, 0.5) is 15.9 Å². The van der Waals surface area contributed by atoms with Gasteiger partial charge in [0.15, 0.2) is 16.7 Å². The van der Waals surface area contributed by atoms with Crippen LogP contribution in [0.15, 0.2) is 24.5 Å². The quantitative estimate of drug-likeness (QED) is 0.874. The minimum absolute atomic E-state index is 0.142. The van der Waals surface area contributed by atoms with E-state index in [1.165, 1.54) is 38.7 Å². The molecule has 0 saturated carbocycles. The van der Waals surface area contributed by atoms with Gasteiger partial charge in [-0.3, -0.25) is 0 Å². The average molecular weight is 284 g/mol. The summed E-state index contributed by atoms with van der Waals surface area (Å²) in [6.45, 7) is 0. The monoisotopic (exact) mass is 283 g/mol. The van der Waals surface area contributed by atoms with Crippen molar-refractivity contribution in [2.24, 2.45) is 0 Å². The van der Waals surface area contributed by atoms with Crippen molar-refractivity contribution in [3.05, 3.63) is 35.5 Å². The second-order valence-corrected chi connectivity index (χ2v) is 3.88. The molecule has 0 aliphatic rings. The average Bonchev–Trinajstić information content (AvgIpc) is 2.41. The highest BCUT2D eigenvalue weighted by Crippen LogP contribution is 2.32. The van der Waals surface area contributed by atoms with Crippen LogP contribution in [0.5, 0.6) is 11.5 Å². The molecule has 1 aromatic heterocycles. The fourth-order valence-electron chi connectivity index (χ4n) is 1.48. The van der Waals surface area contributed by atoms with Gasteiger partial charge in [0.05, 0.1) is 19.9 Å². The summed E-state index contributed by atoms with van der Waals surface area (Å²) < 4.78 is 23.8. The number of hydrogen-bond donors (Lipinski definition) is 1. The Kier molecular flexibility index (Phi) is 4.01. The zero-order valence-electron chi connectivity index (χ0n) is 10.3. The first-order chi connectivity index (χ1) is 9.15. The molecule has 0 bridgehead atoms. The molecule has 2 aromatic rings. The van der Waals surface area contributed by atoms with Gasteiger partial charge in [-0.15, -0.1) is 0 Å². The lowest BCUT2D eigenvalue weighted by atomic mass is 10.3. The Labute approximate surface area is 114 Å². The molecule has 0 radical (unpaired) electrons. The summed E-state index contributed by atoms with van der Waals surface area (Å²) >= 11 is 5.86. The number of methoxy groups -OCH3 is 2. The number of nitrogens with zero attached hydrogens (tertiary/aromatic N) is 2. The molecule has 0 amide bonds. The molecule has 0 saturated heterocycles. The first kappa shape index (κ1) is 13.4. The lowest BCUT2D eigenvalue weighted by molar-refractivity contribution is 0.412. The number of ether oxygens (including phenoxy) is 2. The fraction of sp³-hybridized carbons (Fsp3) is 0.167. The molecular weight excluding hydrogens is 273 g/mol. The zero-order chi connectivity index (χ0) is 13.8. The van der Waals surface area contributed by atoms with Crippen molar-refractivity contribution in [2.75, 3.05) is 19.5 Å². The Morgan fingerprint density at radius 1 is 1.21 bits per heavy atom. The van der Waals surface area contributed by atoms with Crippen LogP contribution in [0, 0.1) is 5.82 Å². The number of halogens is 2. The Bertz CT molecular complexity index is 595. The van der Waals surface area contributed by atoms with Crippen molar-refractivity contribution in [1.29, 1.82) is 0 Å². The predicted molar refractivity (Wildman–Crippen MR) is 69.8 cm³/mol. The van der Waals surface area contributed by atoms with Gasteiger partial charge >= 0.3 is 0 Å². The maximum Gasteiger partial charge on any atom is 0.199 e. The van der Waals surface area contributed by atoms with E-state index in [1.807, 2.05) is 0 Å². The smallest absolute Gasteiger partial charge is 0.199 e. The maximum atomic E-state index is 13.7. The highest BCUT2D eigenvalue weighted by Gasteiger charge is 2.12. The second-order valence-electron chi connectivity index (χ2n) is 3.52. The third-order valence-corrected chi connectivity index (χ3v) is 2.66. The standard InChI is InChI=1S/C12H11ClFN3O2/c1-18-7-3-4-8(14)9(5-7)17-12-10(19-2)11(13)15-6-16-12/h3-6H,1-2H3,(H,15,16,17). The Morgan fingerprint density at radius 3 is 2.68 bits per heavy atom. The number of hydrogen-bond acceptors (Lipinski definition) is 5. The lowest BCUT2D eigenvalue weighted by Crippen LogP contribution is -2.01. The second kappa shape index (κ2) is 5.71. The van der Waals surface area contributed by atoms with Crippen molar-refractivity contribution in [3.63, 3.8) is 0 Å². The molecule has 19 heavy (non-hydrogen) atoms. The molecule has 0 unspecified atom stereocenters. The van der Waals surface area contributed by atoms with Crippen molar-refractivity contribution < 1.29 is 13.9 Å². The van der Waals surface area contributed by atoms with Crippen LogP contribution in [0.2, 0.25) is 5.15 Å². The summed E-state index contributed by atoms with van der Waals surface area (Å²) in [5.41, 5.74) is 0.201. The van der Waals surface area contributed by atoms with Crippen molar-refractivity contribution >= 4 is 23.1 Å². The number of aromatic nitrogens is 2. The highest BCUT2D eigenvalue weighted by molar-refractivity contribution is 6.31. The summed E-state index contributed by atoms with van der Waals surface area (Å²) in [4.78, 5) is 7.74. The summed E-state index contributed by atoms with van der Waals surface area (Å²) in [6.07, 6.45) is 1.26. The molecule has 7 heteroatoms. The fourth-order valence-corrected chi connectivity index (χ4v) is 1.69. The minimum Gasteiger partial charge on any atom is -0.497 e. The molecule has 0 aliphatic heterocycles. The van der Waals surface area contributed by atoms with E-state index >= 15 is 0 Å². The van der Waals surface area contributed by atoms with Crippen LogP contribution in [0.25, 0.3) is 0 Å². The van der Waals surface area contributed by atoms with E-state index in [1.54, 1.807) is 0 Å². The van der Waals surface area contributed by atoms with Crippen LogP contribution in [0.1, 0.15) is 0 Å². The molecule has 0 atom stereocenters. The van der Waals surface area contributed by atoms with Gasteiger partial charge in [-0.05, 0) is 12.1 Å². The van der Waals surface area contributed by atoms with Crippen molar-refractivity contribution in [3.8, 4) is 11.5 Å². The zero-order valence-corrected chi connectivity index (χ0v) is 11.0. The summed E-state index contributed by atoms with van der Waals surface area (Å²) in [5.74, 6) is 0.585. The summed E-state index contributed by atoms with van der Waals surface area (Å²) in [7, 11) is 2.93. The summed E-state index contributed by atoms with van der Waals surface area (Å²) in [5, 5.41) is 2.93.